The minimum atomic E-state index is -0.484. The van der Waals surface area contributed by atoms with Crippen molar-refractivity contribution in [2.24, 2.45) is 5.92 Å². The van der Waals surface area contributed by atoms with Crippen molar-refractivity contribution < 1.29 is 19.0 Å². The number of methoxy groups -OCH3 is 1. The summed E-state index contributed by atoms with van der Waals surface area (Å²) >= 11 is 0. The van der Waals surface area contributed by atoms with Crippen LogP contribution in [-0.2, 0) is 14.2 Å². The zero-order chi connectivity index (χ0) is 16.2. The SMILES string of the molecule is COC(=O)c1ccc(N2CCC(C3OCCO3)CC2)cc1C#N. The van der Waals surface area contributed by atoms with Gasteiger partial charge in [0.25, 0.3) is 0 Å². The highest BCUT2D eigenvalue weighted by atomic mass is 16.7. The van der Waals surface area contributed by atoms with E-state index < -0.39 is 5.97 Å². The fourth-order valence-electron chi connectivity index (χ4n) is 3.19. The summed E-state index contributed by atoms with van der Waals surface area (Å²) in [5, 5.41) is 9.26. The van der Waals surface area contributed by atoms with Gasteiger partial charge in [0.1, 0.15) is 6.07 Å². The van der Waals surface area contributed by atoms with E-state index >= 15 is 0 Å². The number of piperidine rings is 1. The van der Waals surface area contributed by atoms with E-state index in [1.165, 1.54) is 7.11 Å². The molecule has 6 heteroatoms. The molecule has 1 aromatic carbocycles. The summed E-state index contributed by atoms with van der Waals surface area (Å²) in [6.07, 6.45) is 1.92. The summed E-state index contributed by atoms with van der Waals surface area (Å²) in [7, 11) is 1.31. The van der Waals surface area contributed by atoms with E-state index in [0.29, 0.717) is 30.3 Å². The number of hydrogen-bond donors (Lipinski definition) is 0. The van der Waals surface area contributed by atoms with Gasteiger partial charge >= 0.3 is 5.97 Å². The van der Waals surface area contributed by atoms with Crippen LogP contribution in [0.15, 0.2) is 18.2 Å². The van der Waals surface area contributed by atoms with Gasteiger partial charge in [-0.25, -0.2) is 4.79 Å². The quantitative estimate of drug-likeness (QED) is 0.794. The Kier molecular flexibility index (Phi) is 4.79. The van der Waals surface area contributed by atoms with Crippen molar-refractivity contribution in [1.29, 1.82) is 5.26 Å². The summed E-state index contributed by atoms with van der Waals surface area (Å²) in [6, 6.07) is 7.37. The maximum atomic E-state index is 11.7. The fraction of sp³-hybridized carbons (Fsp3) is 0.529. The molecule has 0 spiro atoms. The van der Waals surface area contributed by atoms with Gasteiger partial charge in [0.15, 0.2) is 6.29 Å². The third-order valence-electron chi connectivity index (χ3n) is 4.47. The van der Waals surface area contributed by atoms with Gasteiger partial charge in [-0.15, -0.1) is 0 Å². The van der Waals surface area contributed by atoms with Crippen molar-refractivity contribution >= 4 is 11.7 Å². The lowest BCUT2D eigenvalue weighted by atomic mass is 9.95. The smallest absolute Gasteiger partial charge is 0.339 e. The van der Waals surface area contributed by atoms with Gasteiger partial charge in [0.05, 0.1) is 31.5 Å². The minimum absolute atomic E-state index is 0.0616. The summed E-state index contributed by atoms with van der Waals surface area (Å²) in [5.41, 5.74) is 1.61. The second-order valence-electron chi connectivity index (χ2n) is 5.77. The Balaban J connectivity index is 1.68. The second kappa shape index (κ2) is 6.99. The number of nitrogens with zero attached hydrogens (tertiary/aromatic N) is 2. The number of anilines is 1. The molecule has 0 aromatic heterocycles. The van der Waals surface area contributed by atoms with Crippen LogP contribution in [0.5, 0.6) is 0 Å². The number of hydrogen-bond acceptors (Lipinski definition) is 6. The maximum absolute atomic E-state index is 11.7. The lowest BCUT2D eigenvalue weighted by molar-refractivity contribution is -0.0889. The van der Waals surface area contributed by atoms with Crippen LogP contribution in [0.3, 0.4) is 0 Å². The molecule has 0 saturated carbocycles. The van der Waals surface area contributed by atoms with Crippen LogP contribution >= 0.6 is 0 Å². The van der Waals surface area contributed by atoms with E-state index in [1.807, 2.05) is 6.07 Å². The molecule has 2 fully saturated rings. The van der Waals surface area contributed by atoms with Crippen LogP contribution in [-0.4, -0.2) is 45.7 Å². The number of carbonyl (C=O) groups is 1. The molecular formula is C17H20N2O4. The van der Waals surface area contributed by atoms with Crippen LogP contribution in [0.25, 0.3) is 0 Å². The first-order valence-corrected chi connectivity index (χ1v) is 7.83. The number of esters is 1. The molecule has 0 atom stereocenters. The van der Waals surface area contributed by atoms with Crippen molar-refractivity contribution in [1.82, 2.24) is 0 Å². The first-order valence-electron chi connectivity index (χ1n) is 7.83. The average Bonchev–Trinajstić information content (AvgIpc) is 3.15. The van der Waals surface area contributed by atoms with Gasteiger partial charge in [0, 0.05) is 24.7 Å². The highest BCUT2D eigenvalue weighted by Crippen LogP contribution is 2.29. The van der Waals surface area contributed by atoms with E-state index in [2.05, 4.69) is 11.0 Å². The molecule has 23 heavy (non-hydrogen) atoms. The monoisotopic (exact) mass is 316 g/mol. The molecule has 1 aromatic rings. The molecule has 122 valence electrons. The summed E-state index contributed by atoms with van der Waals surface area (Å²) < 4.78 is 15.9. The number of carbonyl (C=O) groups excluding carboxylic acids is 1. The third-order valence-corrected chi connectivity index (χ3v) is 4.47. The molecule has 0 radical (unpaired) electrons. The summed E-state index contributed by atoms with van der Waals surface area (Å²) in [6.45, 7) is 3.14. The predicted molar refractivity (Wildman–Crippen MR) is 83.1 cm³/mol. The van der Waals surface area contributed by atoms with Gasteiger partial charge in [-0.05, 0) is 31.0 Å². The first-order chi connectivity index (χ1) is 11.2. The molecule has 2 saturated heterocycles. The Labute approximate surface area is 135 Å². The van der Waals surface area contributed by atoms with Gasteiger partial charge in [-0.3, -0.25) is 0 Å². The fourth-order valence-corrected chi connectivity index (χ4v) is 3.19. The molecule has 2 aliphatic rings. The van der Waals surface area contributed by atoms with Crippen LogP contribution in [0.2, 0.25) is 0 Å². The molecule has 2 aliphatic heterocycles. The van der Waals surface area contributed by atoms with Crippen molar-refractivity contribution in [3.63, 3.8) is 0 Å². The molecule has 0 N–H and O–H groups in total. The van der Waals surface area contributed by atoms with Gasteiger partial charge < -0.3 is 19.1 Å². The molecule has 6 nitrogen and oxygen atoms in total. The van der Waals surface area contributed by atoms with Crippen LogP contribution in [0.4, 0.5) is 5.69 Å². The van der Waals surface area contributed by atoms with Crippen LogP contribution in [0, 0.1) is 17.2 Å². The largest absolute Gasteiger partial charge is 0.465 e. The van der Waals surface area contributed by atoms with Gasteiger partial charge in [-0.1, -0.05) is 0 Å². The normalized spacial score (nSPS) is 19.6. The topological polar surface area (TPSA) is 71.8 Å². The van der Waals surface area contributed by atoms with Crippen molar-refractivity contribution in [3.05, 3.63) is 29.3 Å². The highest BCUT2D eigenvalue weighted by Gasteiger charge is 2.30. The highest BCUT2D eigenvalue weighted by molar-refractivity contribution is 5.92. The average molecular weight is 316 g/mol. The standard InChI is InChI=1S/C17H20N2O4/c1-21-16(20)15-3-2-14(10-13(15)11-18)19-6-4-12(5-7-19)17-22-8-9-23-17/h2-3,10,12,17H,4-9H2,1H3. The van der Waals surface area contributed by atoms with E-state index in [1.54, 1.807) is 12.1 Å². The molecule has 0 unspecified atom stereocenters. The number of rotatable bonds is 3. The third kappa shape index (κ3) is 3.31. The van der Waals surface area contributed by atoms with Crippen LogP contribution < -0.4 is 4.90 Å². The molecule has 2 heterocycles. The molecule has 0 amide bonds. The molecule has 0 bridgehead atoms. The lowest BCUT2D eigenvalue weighted by Crippen LogP contribution is -2.38. The number of nitriles is 1. The van der Waals surface area contributed by atoms with E-state index in [0.717, 1.165) is 31.6 Å². The Morgan fingerprint density at radius 2 is 2.00 bits per heavy atom. The van der Waals surface area contributed by atoms with E-state index in [9.17, 15) is 10.1 Å². The molecule has 0 aliphatic carbocycles. The summed E-state index contributed by atoms with van der Waals surface area (Å²) in [4.78, 5) is 13.9. The second-order valence-corrected chi connectivity index (χ2v) is 5.77. The predicted octanol–water partition coefficient (Wildman–Crippen LogP) is 1.93. The van der Waals surface area contributed by atoms with Crippen molar-refractivity contribution in [2.45, 2.75) is 19.1 Å². The molecular weight excluding hydrogens is 296 g/mol. The van der Waals surface area contributed by atoms with Crippen molar-refractivity contribution in [3.8, 4) is 6.07 Å². The van der Waals surface area contributed by atoms with E-state index in [-0.39, 0.29) is 6.29 Å². The van der Waals surface area contributed by atoms with Gasteiger partial charge in [-0.2, -0.15) is 5.26 Å². The van der Waals surface area contributed by atoms with Crippen molar-refractivity contribution in [2.75, 3.05) is 38.3 Å². The Morgan fingerprint density at radius 3 is 2.61 bits per heavy atom. The molecule has 3 rings (SSSR count). The van der Waals surface area contributed by atoms with Crippen LogP contribution in [0.1, 0.15) is 28.8 Å². The minimum Gasteiger partial charge on any atom is -0.465 e. The van der Waals surface area contributed by atoms with Gasteiger partial charge in [0.2, 0.25) is 0 Å². The lowest BCUT2D eigenvalue weighted by Gasteiger charge is -2.35. The first kappa shape index (κ1) is 15.8. The van der Waals surface area contributed by atoms with E-state index in [4.69, 9.17) is 14.2 Å². The zero-order valence-corrected chi connectivity index (χ0v) is 13.2. The number of benzene rings is 1. The zero-order valence-electron chi connectivity index (χ0n) is 13.2. The Hall–Kier alpha value is -2.10. The summed E-state index contributed by atoms with van der Waals surface area (Å²) in [5.74, 6) is -0.0548. The number of ether oxygens (including phenoxy) is 3. The Bertz CT molecular complexity index is 612. The Morgan fingerprint density at radius 1 is 1.30 bits per heavy atom. The maximum Gasteiger partial charge on any atom is 0.339 e.